The molecular weight excluding hydrogens is 152 g/mol. The van der Waals surface area contributed by atoms with E-state index in [1.807, 2.05) is 0 Å². The zero-order valence-electron chi connectivity index (χ0n) is 5.89. The summed E-state index contributed by atoms with van der Waals surface area (Å²) in [5.41, 5.74) is 0. The minimum Gasteiger partial charge on any atom is -0.544 e. The van der Waals surface area contributed by atoms with Crippen LogP contribution in [-0.2, 0) is 9.59 Å². The molecule has 52 valence electrons. The molecule has 0 saturated heterocycles. The first-order chi connectivity index (χ1) is 3.89. The van der Waals surface area contributed by atoms with Crippen molar-refractivity contribution in [2.45, 2.75) is 5.92 Å². The van der Waals surface area contributed by atoms with Crippen LogP contribution in [0.4, 0.5) is 8.78 Å². The van der Waals surface area contributed by atoms with Crippen molar-refractivity contribution in [3.63, 3.8) is 0 Å². The summed E-state index contributed by atoms with van der Waals surface area (Å²) in [6, 6.07) is 0. The molecule has 0 atom stereocenters. The molecule has 0 bridgehead atoms. The third kappa shape index (κ3) is 4.44. The fourth-order valence-electron chi connectivity index (χ4n) is 0.0833. The van der Waals surface area contributed by atoms with Gasteiger partial charge >= 0.3 is 43.6 Å². The molecule has 0 aromatic carbocycles. The van der Waals surface area contributed by atoms with Crippen LogP contribution in [0, 0.1) is 0 Å². The minimum absolute atomic E-state index is 0. The van der Waals surface area contributed by atoms with E-state index in [1.54, 1.807) is 0 Å². The molecule has 0 saturated carbocycles. The molecule has 0 N–H and O–H groups in total. The van der Waals surface area contributed by atoms with Gasteiger partial charge in [0.25, 0.3) is 0 Å². The Morgan fingerprint density at radius 2 is 1.18 bits per heavy atom. The molecule has 0 amide bonds. The zero-order chi connectivity index (χ0) is 7.65. The largest absolute Gasteiger partial charge is 1.00 e. The number of alkyl halides is 2. The molecule has 4 nitrogen and oxygen atoms in total. The first kappa shape index (κ1) is 17.2. The maximum Gasteiger partial charge on any atom is 1.00 e. The first-order valence-electron chi connectivity index (χ1n) is 1.69. The van der Waals surface area contributed by atoms with E-state index in [2.05, 4.69) is 0 Å². The Kier molecular flexibility index (Phi) is 8.78. The number of hydrogen-bond acceptors (Lipinski definition) is 4. The first-order valence-corrected chi connectivity index (χ1v) is 1.69. The fraction of sp³-hybridized carbons (Fsp3) is 0.333. The maximum absolute atomic E-state index is 11.3. The predicted octanol–water partition coefficient (Wildman–Crippen LogP) is -8.87. The van der Waals surface area contributed by atoms with Crippen LogP contribution in [0.15, 0.2) is 0 Å². The van der Waals surface area contributed by atoms with Gasteiger partial charge in [-0.25, -0.2) is 0 Å². The van der Waals surface area contributed by atoms with Gasteiger partial charge in [-0.15, -0.1) is 0 Å². The summed E-state index contributed by atoms with van der Waals surface area (Å²) in [7, 11) is 0. The Labute approximate surface area is 84.3 Å². The molecule has 0 unspecified atom stereocenters. The van der Waals surface area contributed by atoms with Crippen LogP contribution in [0.2, 0.25) is 0 Å². The Morgan fingerprint density at radius 1 is 1.00 bits per heavy atom. The van der Waals surface area contributed by atoms with Gasteiger partial charge in [0.15, 0.2) is 0 Å². The van der Waals surface area contributed by atoms with Gasteiger partial charge < -0.3 is 19.8 Å². The van der Waals surface area contributed by atoms with Gasteiger partial charge in [-0.3, -0.25) is 0 Å². The summed E-state index contributed by atoms with van der Waals surface area (Å²) in [6.07, 6.45) is 0. The quantitative estimate of drug-likeness (QED) is 0.290. The molecule has 0 radical (unpaired) electrons. The molecule has 8 heteroatoms. The monoisotopic (exact) mass is 152 g/mol. The fourth-order valence-corrected chi connectivity index (χ4v) is 0.0833. The Balaban J connectivity index is -0.000000320. The second-order valence-electron chi connectivity index (χ2n) is 1.15. The number of carboxylic acid groups (broad SMARTS) is 2. The molecule has 0 spiro atoms. The number of aliphatic carboxylic acids is 2. The predicted molar refractivity (Wildman–Crippen MR) is 15.0 cm³/mol. The van der Waals surface area contributed by atoms with Crippen molar-refractivity contribution >= 4 is 11.9 Å². The molecule has 0 aliphatic rings. The van der Waals surface area contributed by atoms with E-state index in [0.717, 1.165) is 0 Å². The van der Waals surface area contributed by atoms with Crippen LogP contribution in [-0.4, -0.2) is 17.9 Å². The van der Waals surface area contributed by atoms with Crippen molar-refractivity contribution in [3.8, 4) is 0 Å². The third-order valence-corrected chi connectivity index (χ3v) is 0.513. The standard InChI is InChI=1S/C3H2F2O4.2Li/c4-3(5,1(6)7)2(8)9;;/h(H,6,7)(H,8,9);;/q;2*+1/p-2. The molecule has 0 heterocycles. The SMILES string of the molecule is O=C([O-])C(F)(F)C(=O)[O-].[Li+].[Li+]. The van der Waals surface area contributed by atoms with Gasteiger partial charge in [0.05, 0.1) is 0 Å². The molecule has 0 aromatic heterocycles. The summed E-state index contributed by atoms with van der Waals surface area (Å²) < 4.78 is 22.7. The van der Waals surface area contributed by atoms with Gasteiger partial charge in [-0.05, 0) is 0 Å². The van der Waals surface area contributed by atoms with E-state index in [0.29, 0.717) is 0 Å². The second kappa shape index (κ2) is 5.62. The van der Waals surface area contributed by atoms with Crippen LogP contribution < -0.4 is 47.9 Å². The molecule has 0 rings (SSSR count). The Hall–Kier alpha value is -0.00519. The van der Waals surface area contributed by atoms with E-state index < -0.39 is 17.9 Å². The number of rotatable bonds is 2. The number of carbonyl (C=O) groups is 2. The van der Waals surface area contributed by atoms with Crippen molar-refractivity contribution < 1.29 is 66.3 Å². The minimum atomic E-state index is -4.89. The third-order valence-electron chi connectivity index (χ3n) is 0.513. The molecule has 0 aliphatic carbocycles. The van der Waals surface area contributed by atoms with Crippen molar-refractivity contribution in [1.29, 1.82) is 0 Å². The molecule has 0 aromatic rings. The van der Waals surface area contributed by atoms with Gasteiger partial charge in [0.2, 0.25) is 0 Å². The summed E-state index contributed by atoms with van der Waals surface area (Å²) in [6.45, 7) is 0. The van der Waals surface area contributed by atoms with Crippen molar-refractivity contribution in [3.05, 3.63) is 0 Å². The van der Waals surface area contributed by atoms with Crippen LogP contribution in [0.3, 0.4) is 0 Å². The van der Waals surface area contributed by atoms with E-state index in [9.17, 15) is 28.6 Å². The van der Waals surface area contributed by atoms with Crippen LogP contribution in [0.25, 0.3) is 0 Å². The topological polar surface area (TPSA) is 80.3 Å². The summed E-state index contributed by atoms with van der Waals surface area (Å²) in [5, 5.41) is 18.4. The average Bonchev–Trinajstić information content (AvgIpc) is 1.65. The Bertz CT molecular complexity index is 143. The van der Waals surface area contributed by atoms with Gasteiger partial charge in [-0.2, -0.15) is 8.78 Å². The number of carboxylic acids is 2. The van der Waals surface area contributed by atoms with E-state index in [4.69, 9.17) is 0 Å². The molecular formula is C3F2Li2O4. The normalized spacial score (nSPS) is 8.91. The second-order valence-corrected chi connectivity index (χ2v) is 1.15. The summed E-state index contributed by atoms with van der Waals surface area (Å²) >= 11 is 0. The molecule has 0 aliphatic heterocycles. The van der Waals surface area contributed by atoms with Crippen LogP contribution >= 0.6 is 0 Å². The van der Waals surface area contributed by atoms with E-state index in [1.165, 1.54) is 0 Å². The van der Waals surface area contributed by atoms with E-state index >= 15 is 0 Å². The van der Waals surface area contributed by atoms with Crippen molar-refractivity contribution in [2.24, 2.45) is 0 Å². The average molecular weight is 152 g/mol. The van der Waals surface area contributed by atoms with Gasteiger partial charge in [0, 0.05) is 0 Å². The van der Waals surface area contributed by atoms with Crippen LogP contribution in [0.1, 0.15) is 0 Å². The zero-order valence-corrected chi connectivity index (χ0v) is 5.89. The summed E-state index contributed by atoms with van der Waals surface area (Å²) in [4.78, 5) is 18.4. The van der Waals surface area contributed by atoms with Crippen molar-refractivity contribution in [1.82, 2.24) is 0 Å². The van der Waals surface area contributed by atoms with E-state index in [-0.39, 0.29) is 37.7 Å². The molecule has 11 heavy (non-hydrogen) atoms. The number of carbonyl (C=O) groups excluding carboxylic acids is 2. The van der Waals surface area contributed by atoms with Crippen LogP contribution in [0.5, 0.6) is 0 Å². The maximum atomic E-state index is 11.3. The number of halogens is 2. The number of hydrogen-bond donors (Lipinski definition) is 0. The summed E-state index contributed by atoms with van der Waals surface area (Å²) in [5.74, 6) is -10.8. The van der Waals surface area contributed by atoms with Gasteiger partial charge in [0.1, 0.15) is 11.9 Å². The van der Waals surface area contributed by atoms with Crippen molar-refractivity contribution in [2.75, 3.05) is 0 Å². The molecule has 0 fully saturated rings. The smallest absolute Gasteiger partial charge is 0.544 e. The van der Waals surface area contributed by atoms with Gasteiger partial charge in [-0.1, -0.05) is 0 Å². The Morgan fingerprint density at radius 3 is 1.18 bits per heavy atom.